The van der Waals surface area contributed by atoms with Crippen LogP contribution in [-0.4, -0.2) is 31.6 Å². The van der Waals surface area contributed by atoms with E-state index in [2.05, 4.69) is 13.8 Å². The van der Waals surface area contributed by atoms with Crippen LogP contribution in [0, 0.1) is 23.2 Å². The van der Waals surface area contributed by atoms with Crippen molar-refractivity contribution in [2.45, 2.75) is 117 Å². The Morgan fingerprint density at radius 3 is 2.03 bits per heavy atom. The highest BCUT2D eigenvalue weighted by molar-refractivity contribution is 5.77. The van der Waals surface area contributed by atoms with E-state index in [-0.39, 0.29) is 18.4 Å². The number of unbranched alkanes of at least 4 members (excludes halogenated alkanes) is 1. The highest BCUT2D eigenvalue weighted by Crippen LogP contribution is 2.38. The smallest absolute Gasteiger partial charge is 0.316 e. The molecule has 0 N–H and O–H groups in total. The minimum atomic E-state index is -0.658. The van der Waals surface area contributed by atoms with E-state index in [0.29, 0.717) is 19.1 Å². The summed E-state index contributed by atoms with van der Waals surface area (Å²) >= 11 is 0. The fourth-order valence-corrected chi connectivity index (χ4v) is 5.49. The lowest BCUT2D eigenvalue weighted by Crippen LogP contribution is -2.49. The van der Waals surface area contributed by atoms with Crippen LogP contribution in [0.25, 0.3) is 0 Å². The van der Waals surface area contributed by atoms with Crippen molar-refractivity contribution in [2.75, 3.05) is 13.2 Å². The van der Waals surface area contributed by atoms with E-state index in [1.165, 1.54) is 70.6 Å². The molecule has 0 aromatic carbocycles. The molecule has 3 aliphatic rings. The Bertz CT molecular complexity index is 481. The molecule has 168 valence electrons. The first-order valence-electron chi connectivity index (χ1n) is 12.5. The van der Waals surface area contributed by atoms with Gasteiger partial charge in [-0.05, 0) is 70.1 Å². The van der Waals surface area contributed by atoms with Gasteiger partial charge in [-0.1, -0.05) is 46.0 Å². The molecule has 0 radical (unpaired) electrons. The fraction of sp³-hybridized carbons (Fsp3) is 0.960. The molecule has 4 nitrogen and oxygen atoms in total. The molecule has 1 aliphatic heterocycles. The Kier molecular flexibility index (Phi) is 8.85. The van der Waals surface area contributed by atoms with Gasteiger partial charge in [0.05, 0.1) is 13.2 Å². The van der Waals surface area contributed by atoms with Crippen molar-refractivity contribution < 1.29 is 19.0 Å². The molecule has 3 fully saturated rings. The number of rotatable bonds is 8. The maximum Gasteiger partial charge on any atom is 0.316 e. The summed E-state index contributed by atoms with van der Waals surface area (Å²) in [4.78, 5) is 12.9. The van der Waals surface area contributed by atoms with Gasteiger partial charge in [0.1, 0.15) is 11.5 Å². The van der Waals surface area contributed by atoms with Gasteiger partial charge in [0.15, 0.2) is 6.29 Å². The Morgan fingerprint density at radius 2 is 1.45 bits per heavy atom. The van der Waals surface area contributed by atoms with Gasteiger partial charge in [-0.3, -0.25) is 4.79 Å². The maximum absolute atomic E-state index is 12.9. The monoisotopic (exact) mass is 408 g/mol. The first-order valence-corrected chi connectivity index (χ1v) is 12.5. The van der Waals surface area contributed by atoms with Crippen LogP contribution in [0.15, 0.2) is 0 Å². The number of hydrogen-bond donors (Lipinski definition) is 0. The van der Waals surface area contributed by atoms with Gasteiger partial charge in [-0.25, -0.2) is 0 Å². The Morgan fingerprint density at radius 1 is 0.862 bits per heavy atom. The van der Waals surface area contributed by atoms with Crippen LogP contribution in [0.5, 0.6) is 0 Å². The molecule has 2 aliphatic carbocycles. The highest BCUT2D eigenvalue weighted by atomic mass is 16.7. The third kappa shape index (κ3) is 6.43. The summed E-state index contributed by atoms with van der Waals surface area (Å²) in [6.45, 7) is 7.33. The van der Waals surface area contributed by atoms with Gasteiger partial charge in [0, 0.05) is 5.92 Å². The van der Waals surface area contributed by atoms with Crippen LogP contribution in [0.4, 0.5) is 0 Å². The lowest BCUT2D eigenvalue weighted by molar-refractivity contribution is -0.254. The average Bonchev–Trinajstić information content (AvgIpc) is 2.75. The summed E-state index contributed by atoms with van der Waals surface area (Å²) in [6.07, 6.45) is 15.9. The topological polar surface area (TPSA) is 44.8 Å². The van der Waals surface area contributed by atoms with Gasteiger partial charge in [-0.2, -0.15) is 0 Å². The van der Waals surface area contributed by atoms with E-state index in [1.54, 1.807) is 0 Å². The van der Waals surface area contributed by atoms with Crippen molar-refractivity contribution in [3.05, 3.63) is 0 Å². The second kappa shape index (κ2) is 11.1. The molecule has 1 saturated heterocycles. The SMILES string of the molecule is CCCCC1CCC(OC(=O)C2(C)COC(C3CCC(CCC)CC3)OC2)CC1. The molecule has 0 spiro atoms. The molecule has 3 rings (SSSR count). The van der Waals surface area contributed by atoms with Gasteiger partial charge >= 0.3 is 5.97 Å². The zero-order valence-corrected chi connectivity index (χ0v) is 19.1. The van der Waals surface area contributed by atoms with Crippen molar-refractivity contribution in [2.24, 2.45) is 23.2 Å². The zero-order chi connectivity index (χ0) is 20.7. The molecule has 0 aromatic heterocycles. The quantitative estimate of drug-likeness (QED) is 0.444. The van der Waals surface area contributed by atoms with Gasteiger partial charge in [-0.15, -0.1) is 0 Å². The van der Waals surface area contributed by atoms with Crippen LogP contribution in [-0.2, 0) is 19.0 Å². The van der Waals surface area contributed by atoms with Crippen molar-refractivity contribution in [1.29, 1.82) is 0 Å². The normalized spacial score (nSPS) is 38.5. The van der Waals surface area contributed by atoms with Gasteiger partial charge in [0.2, 0.25) is 0 Å². The standard InChI is InChI=1S/C25H44O4/c1-4-6-8-20-11-15-22(16-12-20)29-24(26)25(3)17-27-23(28-18-25)21-13-9-19(7-5-2)10-14-21/h19-23H,4-18H2,1-3H3. The van der Waals surface area contributed by atoms with Crippen molar-refractivity contribution in [3.63, 3.8) is 0 Å². The molecular weight excluding hydrogens is 364 g/mol. The molecule has 1 heterocycles. The van der Waals surface area contributed by atoms with Gasteiger partial charge < -0.3 is 14.2 Å². The summed E-state index contributed by atoms with van der Waals surface area (Å²) < 4.78 is 18.1. The molecular formula is C25H44O4. The zero-order valence-electron chi connectivity index (χ0n) is 19.1. The Hall–Kier alpha value is -0.610. The number of esters is 1. The van der Waals surface area contributed by atoms with Crippen LogP contribution in [0.1, 0.15) is 104 Å². The molecule has 2 saturated carbocycles. The highest BCUT2D eigenvalue weighted by Gasteiger charge is 2.44. The van der Waals surface area contributed by atoms with Crippen LogP contribution >= 0.6 is 0 Å². The second-order valence-electron chi connectivity index (χ2n) is 10.3. The second-order valence-corrected chi connectivity index (χ2v) is 10.3. The molecule has 0 atom stereocenters. The molecule has 4 heteroatoms. The van der Waals surface area contributed by atoms with E-state index in [4.69, 9.17) is 14.2 Å². The fourth-order valence-electron chi connectivity index (χ4n) is 5.49. The minimum Gasteiger partial charge on any atom is -0.462 e. The minimum absolute atomic E-state index is 0.0868. The molecule has 0 aromatic rings. The first-order chi connectivity index (χ1) is 14.0. The largest absolute Gasteiger partial charge is 0.462 e. The summed E-state index contributed by atoms with van der Waals surface area (Å²) in [5, 5.41) is 0. The van der Waals surface area contributed by atoms with Crippen LogP contribution in [0.2, 0.25) is 0 Å². The third-order valence-electron chi connectivity index (χ3n) is 7.63. The summed E-state index contributed by atoms with van der Waals surface area (Å²) in [5.74, 6) is 2.08. The van der Waals surface area contributed by atoms with Crippen molar-refractivity contribution >= 4 is 5.97 Å². The van der Waals surface area contributed by atoms with E-state index < -0.39 is 5.41 Å². The molecule has 0 bridgehead atoms. The number of carbonyl (C=O) groups excluding carboxylic acids is 1. The Balaban J connectivity index is 1.38. The summed E-state index contributed by atoms with van der Waals surface area (Å²) in [5.41, 5.74) is -0.658. The predicted molar refractivity (Wildman–Crippen MR) is 116 cm³/mol. The van der Waals surface area contributed by atoms with Crippen molar-refractivity contribution in [1.82, 2.24) is 0 Å². The number of ether oxygens (including phenoxy) is 3. The summed E-state index contributed by atoms with van der Waals surface area (Å²) in [6, 6.07) is 0. The molecule has 29 heavy (non-hydrogen) atoms. The van der Waals surface area contributed by atoms with Crippen molar-refractivity contribution in [3.8, 4) is 0 Å². The molecule has 0 unspecified atom stereocenters. The third-order valence-corrected chi connectivity index (χ3v) is 7.63. The van der Waals surface area contributed by atoms with E-state index >= 15 is 0 Å². The van der Waals surface area contributed by atoms with Crippen LogP contribution in [0.3, 0.4) is 0 Å². The maximum atomic E-state index is 12.9. The summed E-state index contributed by atoms with van der Waals surface area (Å²) in [7, 11) is 0. The van der Waals surface area contributed by atoms with Gasteiger partial charge in [0.25, 0.3) is 0 Å². The van der Waals surface area contributed by atoms with Crippen LogP contribution < -0.4 is 0 Å². The first kappa shape index (κ1) is 23.1. The lowest BCUT2D eigenvalue weighted by Gasteiger charge is -2.41. The lowest BCUT2D eigenvalue weighted by atomic mass is 9.79. The average molecular weight is 409 g/mol. The predicted octanol–water partition coefficient (Wildman–Crippen LogP) is 6.26. The van der Waals surface area contributed by atoms with E-state index in [9.17, 15) is 4.79 Å². The number of carbonyl (C=O) groups is 1. The van der Waals surface area contributed by atoms with E-state index in [1.807, 2.05) is 6.92 Å². The molecule has 0 amide bonds. The van der Waals surface area contributed by atoms with E-state index in [0.717, 1.165) is 24.7 Å². The number of hydrogen-bond acceptors (Lipinski definition) is 4. The Labute approximate surface area is 178 Å².